The molecule has 1 amide bonds. The number of nitrogens with one attached hydrogen (secondary N) is 1. The Balaban J connectivity index is 1.84. The van der Waals surface area contributed by atoms with Gasteiger partial charge in [0.2, 0.25) is 5.91 Å². The number of ether oxygens (including phenoxy) is 1. The summed E-state index contributed by atoms with van der Waals surface area (Å²) in [6.07, 6.45) is 2.53. The first-order valence-electron chi connectivity index (χ1n) is 6.97. The van der Waals surface area contributed by atoms with Gasteiger partial charge in [0.15, 0.2) is 11.7 Å². The first-order valence-corrected chi connectivity index (χ1v) is 6.97. The van der Waals surface area contributed by atoms with Crippen molar-refractivity contribution in [3.8, 4) is 11.3 Å². The standard InChI is InChI=1S/C16H20N2O3/c1-12(11-20-2)18-15(19)8-9-16-17-10-14(21-16)13-6-4-3-5-7-13/h3-7,10,12H,8-9,11H2,1-2H3,(H,18,19)/t12-/m0/s1. The monoisotopic (exact) mass is 288 g/mol. The molecule has 0 saturated carbocycles. The summed E-state index contributed by atoms with van der Waals surface area (Å²) in [5, 5.41) is 2.86. The molecule has 5 heteroatoms. The van der Waals surface area contributed by atoms with Crippen LogP contribution < -0.4 is 5.32 Å². The Bertz CT molecular complexity index is 566. The molecule has 2 aromatic rings. The summed E-state index contributed by atoms with van der Waals surface area (Å²) in [5.74, 6) is 1.26. The normalized spacial score (nSPS) is 12.1. The number of nitrogens with zero attached hydrogens (tertiary/aromatic N) is 1. The van der Waals surface area contributed by atoms with Crippen LogP contribution in [0.5, 0.6) is 0 Å². The molecule has 0 spiro atoms. The molecule has 112 valence electrons. The van der Waals surface area contributed by atoms with Gasteiger partial charge in [-0.25, -0.2) is 4.98 Å². The van der Waals surface area contributed by atoms with Gasteiger partial charge < -0.3 is 14.5 Å². The number of aryl methyl sites for hydroxylation is 1. The van der Waals surface area contributed by atoms with Crippen LogP contribution >= 0.6 is 0 Å². The minimum atomic E-state index is -0.0287. The van der Waals surface area contributed by atoms with E-state index in [1.54, 1.807) is 13.3 Å². The van der Waals surface area contributed by atoms with Crippen molar-refractivity contribution in [2.75, 3.05) is 13.7 Å². The van der Waals surface area contributed by atoms with Gasteiger partial charge in [0.25, 0.3) is 0 Å². The Morgan fingerprint density at radius 2 is 2.14 bits per heavy atom. The van der Waals surface area contributed by atoms with Crippen molar-refractivity contribution >= 4 is 5.91 Å². The van der Waals surface area contributed by atoms with Crippen LogP contribution in [-0.2, 0) is 16.0 Å². The second kappa shape index (κ2) is 7.59. The summed E-state index contributed by atoms with van der Waals surface area (Å²) in [6.45, 7) is 2.41. The molecule has 2 rings (SSSR count). The maximum absolute atomic E-state index is 11.7. The maximum atomic E-state index is 11.7. The maximum Gasteiger partial charge on any atom is 0.220 e. The fourth-order valence-electron chi connectivity index (χ4n) is 2.02. The Morgan fingerprint density at radius 1 is 1.38 bits per heavy atom. The topological polar surface area (TPSA) is 64.4 Å². The second-order valence-electron chi connectivity index (χ2n) is 4.91. The minimum Gasteiger partial charge on any atom is -0.441 e. The summed E-state index contributed by atoms with van der Waals surface area (Å²) in [6, 6.07) is 9.77. The van der Waals surface area contributed by atoms with Crippen LogP contribution in [0.2, 0.25) is 0 Å². The third kappa shape index (κ3) is 4.72. The smallest absolute Gasteiger partial charge is 0.220 e. The number of carbonyl (C=O) groups excluding carboxylic acids is 1. The van der Waals surface area contributed by atoms with Crippen molar-refractivity contribution in [3.63, 3.8) is 0 Å². The van der Waals surface area contributed by atoms with E-state index in [1.807, 2.05) is 37.3 Å². The number of hydrogen-bond donors (Lipinski definition) is 1. The predicted molar refractivity (Wildman–Crippen MR) is 79.7 cm³/mol. The van der Waals surface area contributed by atoms with Gasteiger partial charge >= 0.3 is 0 Å². The number of oxazole rings is 1. The molecular formula is C16H20N2O3. The number of methoxy groups -OCH3 is 1. The highest BCUT2D eigenvalue weighted by Gasteiger charge is 2.10. The van der Waals surface area contributed by atoms with Crippen molar-refractivity contribution in [2.45, 2.75) is 25.8 Å². The van der Waals surface area contributed by atoms with Crippen molar-refractivity contribution in [1.29, 1.82) is 0 Å². The molecule has 0 saturated heterocycles. The highest BCUT2D eigenvalue weighted by Crippen LogP contribution is 2.20. The molecule has 1 aromatic carbocycles. The van der Waals surface area contributed by atoms with Crippen LogP contribution in [0.15, 0.2) is 40.9 Å². The van der Waals surface area contributed by atoms with Gasteiger partial charge in [-0.05, 0) is 6.92 Å². The van der Waals surface area contributed by atoms with Crippen molar-refractivity contribution in [1.82, 2.24) is 10.3 Å². The van der Waals surface area contributed by atoms with E-state index in [2.05, 4.69) is 10.3 Å². The summed E-state index contributed by atoms with van der Waals surface area (Å²) >= 11 is 0. The zero-order valence-corrected chi connectivity index (χ0v) is 12.3. The highest BCUT2D eigenvalue weighted by atomic mass is 16.5. The lowest BCUT2D eigenvalue weighted by molar-refractivity contribution is -0.122. The van der Waals surface area contributed by atoms with Crippen LogP contribution in [0.25, 0.3) is 11.3 Å². The minimum absolute atomic E-state index is 0.00643. The molecule has 0 bridgehead atoms. The van der Waals surface area contributed by atoms with Gasteiger partial charge in [0.1, 0.15) is 0 Å². The van der Waals surface area contributed by atoms with Gasteiger partial charge in [0, 0.05) is 31.6 Å². The number of rotatable bonds is 7. The van der Waals surface area contributed by atoms with E-state index in [4.69, 9.17) is 9.15 Å². The third-order valence-corrected chi connectivity index (χ3v) is 3.00. The first-order chi connectivity index (χ1) is 10.2. The predicted octanol–water partition coefficient (Wildman–Crippen LogP) is 2.43. The molecule has 1 aromatic heterocycles. The Labute approximate surface area is 124 Å². The summed E-state index contributed by atoms with van der Waals surface area (Å²) in [4.78, 5) is 16.0. The van der Waals surface area contributed by atoms with E-state index in [0.29, 0.717) is 25.3 Å². The van der Waals surface area contributed by atoms with Gasteiger partial charge in [-0.1, -0.05) is 30.3 Å². The van der Waals surface area contributed by atoms with Crippen LogP contribution in [0.4, 0.5) is 0 Å². The van der Waals surface area contributed by atoms with Gasteiger partial charge in [-0.15, -0.1) is 0 Å². The third-order valence-electron chi connectivity index (χ3n) is 3.00. The average molecular weight is 288 g/mol. The van der Waals surface area contributed by atoms with E-state index in [0.717, 1.165) is 11.3 Å². The van der Waals surface area contributed by atoms with E-state index < -0.39 is 0 Å². The first kappa shape index (κ1) is 15.3. The highest BCUT2D eigenvalue weighted by molar-refractivity contribution is 5.76. The van der Waals surface area contributed by atoms with Gasteiger partial charge in [-0.3, -0.25) is 4.79 Å². The molecule has 5 nitrogen and oxygen atoms in total. The molecule has 0 radical (unpaired) electrons. The molecule has 21 heavy (non-hydrogen) atoms. The number of aromatic nitrogens is 1. The van der Waals surface area contributed by atoms with E-state index in [-0.39, 0.29) is 11.9 Å². The molecule has 1 heterocycles. The number of carbonyl (C=O) groups is 1. The lowest BCUT2D eigenvalue weighted by atomic mass is 10.2. The lowest BCUT2D eigenvalue weighted by Crippen LogP contribution is -2.35. The largest absolute Gasteiger partial charge is 0.441 e. The van der Waals surface area contributed by atoms with E-state index in [1.165, 1.54) is 0 Å². The van der Waals surface area contributed by atoms with Crippen LogP contribution in [-0.4, -0.2) is 30.6 Å². The quantitative estimate of drug-likeness (QED) is 0.850. The molecule has 1 N–H and O–H groups in total. The van der Waals surface area contributed by atoms with Crippen LogP contribution in [0.1, 0.15) is 19.2 Å². The van der Waals surface area contributed by atoms with Crippen molar-refractivity contribution < 1.29 is 13.9 Å². The molecule has 0 aliphatic rings. The van der Waals surface area contributed by atoms with E-state index >= 15 is 0 Å². The summed E-state index contributed by atoms with van der Waals surface area (Å²) in [5.41, 5.74) is 0.981. The van der Waals surface area contributed by atoms with Gasteiger partial charge in [0.05, 0.1) is 12.8 Å². The second-order valence-corrected chi connectivity index (χ2v) is 4.91. The van der Waals surface area contributed by atoms with Crippen molar-refractivity contribution in [3.05, 3.63) is 42.4 Å². The zero-order valence-electron chi connectivity index (χ0n) is 12.3. The fourth-order valence-corrected chi connectivity index (χ4v) is 2.02. The van der Waals surface area contributed by atoms with Crippen LogP contribution in [0, 0.1) is 0 Å². The molecule has 0 unspecified atom stereocenters. The Morgan fingerprint density at radius 3 is 2.86 bits per heavy atom. The number of amides is 1. The SMILES string of the molecule is COC[C@H](C)NC(=O)CCc1ncc(-c2ccccc2)o1. The average Bonchev–Trinajstić information content (AvgIpc) is 2.95. The Hall–Kier alpha value is -2.14. The van der Waals surface area contributed by atoms with Gasteiger partial charge in [-0.2, -0.15) is 0 Å². The fraction of sp³-hybridized carbons (Fsp3) is 0.375. The molecule has 0 aliphatic heterocycles. The Kier molecular flexibility index (Phi) is 5.51. The lowest BCUT2D eigenvalue weighted by Gasteiger charge is -2.11. The number of hydrogen-bond acceptors (Lipinski definition) is 4. The zero-order chi connectivity index (χ0) is 15.1. The summed E-state index contributed by atoms with van der Waals surface area (Å²) < 4.78 is 10.6. The molecule has 0 fully saturated rings. The van der Waals surface area contributed by atoms with E-state index in [9.17, 15) is 4.79 Å². The summed E-state index contributed by atoms with van der Waals surface area (Å²) in [7, 11) is 1.61. The van der Waals surface area contributed by atoms with Crippen molar-refractivity contribution in [2.24, 2.45) is 0 Å². The molecular weight excluding hydrogens is 268 g/mol. The molecule has 1 atom stereocenters. The molecule has 0 aliphatic carbocycles. The van der Waals surface area contributed by atoms with Crippen LogP contribution in [0.3, 0.4) is 0 Å². The number of benzene rings is 1.